The van der Waals surface area contributed by atoms with Gasteiger partial charge in [0.25, 0.3) is 0 Å². The number of carbonyl (C=O) groups excluding carboxylic acids is 2. The second-order valence-electron chi connectivity index (χ2n) is 5.39. The molecule has 9 nitrogen and oxygen atoms in total. The highest BCUT2D eigenvalue weighted by atomic mass is 32.2. The summed E-state index contributed by atoms with van der Waals surface area (Å²) in [6.07, 6.45) is 0. The number of nitrogens with one attached hydrogen (secondary N) is 2. The van der Waals surface area contributed by atoms with Gasteiger partial charge < -0.3 is 20.1 Å². The van der Waals surface area contributed by atoms with E-state index >= 15 is 0 Å². The third-order valence-electron chi connectivity index (χ3n) is 3.57. The van der Waals surface area contributed by atoms with Crippen molar-refractivity contribution in [2.24, 2.45) is 5.14 Å². The predicted octanol–water partition coefficient (Wildman–Crippen LogP) is 0.606. The number of rotatable bonds is 6. The van der Waals surface area contributed by atoms with Gasteiger partial charge in [0, 0.05) is 12.6 Å². The first-order chi connectivity index (χ1) is 12.7. The third-order valence-corrected chi connectivity index (χ3v) is 4.50. The number of benzene rings is 2. The maximum atomic E-state index is 12.0. The Morgan fingerprint density at radius 2 is 1.67 bits per heavy atom. The Morgan fingerprint density at radius 3 is 2.22 bits per heavy atom. The molecule has 2 rings (SSSR count). The molecule has 2 aromatic rings. The molecule has 0 aromatic heterocycles. The van der Waals surface area contributed by atoms with Crippen molar-refractivity contribution in [3.63, 3.8) is 0 Å². The van der Waals surface area contributed by atoms with Crippen molar-refractivity contribution in [3.05, 3.63) is 48.0 Å². The molecule has 0 fully saturated rings. The lowest BCUT2D eigenvalue weighted by Crippen LogP contribution is -2.35. The summed E-state index contributed by atoms with van der Waals surface area (Å²) < 4.78 is 32.6. The fourth-order valence-electron chi connectivity index (χ4n) is 2.14. The molecular weight excluding hydrogens is 374 g/mol. The molecule has 0 radical (unpaired) electrons. The topological polar surface area (TPSA) is 137 Å². The van der Waals surface area contributed by atoms with Crippen LogP contribution in [-0.2, 0) is 26.2 Å². The van der Waals surface area contributed by atoms with Gasteiger partial charge >= 0.3 is 11.8 Å². The van der Waals surface area contributed by atoms with E-state index in [9.17, 15) is 18.0 Å². The minimum Gasteiger partial charge on any atom is -0.497 e. The SMILES string of the molecule is COc1ccc(NC(=O)C(=O)NCc2ccc(S(N)(=O)=O)cc2)c(OC)c1. The lowest BCUT2D eigenvalue weighted by molar-refractivity contribution is -0.136. The van der Waals surface area contributed by atoms with Crippen LogP contribution in [-0.4, -0.2) is 34.5 Å². The molecule has 0 bridgehead atoms. The Morgan fingerprint density at radius 1 is 1.00 bits per heavy atom. The molecule has 0 aliphatic carbocycles. The van der Waals surface area contributed by atoms with Crippen molar-refractivity contribution < 1.29 is 27.5 Å². The van der Waals surface area contributed by atoms with Gasteiger partial charge in [-0.3, -0.25) is 9.59 Å². The van der Waals surface area contributed by atoms with Crippen LogP contribution in [0.15, 0.2) is 47.4 Å². The summed E-state index contributed by atoms with van der Waals surface area (Å²) in [6, 6.07) is 10.4. The maximum Gasteiger partial charge on any atom is 0.313 e. The smallest absolute Gasteiger partial charge is 0.313 e. The Bertz CT molecular complexity index is 942. The molecule has 0 heterocycles. The van der Waals surface area contributed by atoms with Crippen LogP contribution in [0.2, 0.25) is 0 Å². The number of hydrogen-bond donors (Lipinski definition) is 3. The number of sulfonamides is 1. The van der Waals surface area contributed by atoms with Gasteiger partial charge in [-0.05, 0) is 29.8 Å². The maximum absolute atomic E-state index is 12.0. The van der Waals surface area contributed by atoms with Gasteiger partial charge in [-0.25, -0.2) is 13.6 Å². The second-order valence-corrected chi connectivity index (χ2v) is 6.95. The predicted molar refractivity (Wildman–Crippen MR) is 97.8 cm³/mol. The summed E-state index contributed by atoms with van der Waals surface area (Å²) >= 11 is 0. The first-order valence-corrected chi connectivity index (χ1v) is 9.22. The zero-order chi connectivity index (χ0) is 20.0. The van der Waals surface area contributed by atoms with Crippen LogP contribution in [0.5, 0.6) is 11.5 Å². The zero-order valence-electron chi connectivity index (χ0n) is 14.7. The lowest BCUT2D eigenvalue weighted by Gasteiger charge is -2.11. The first kappa shape index (κ1) is 20.2. The minimum absolute atomic E-state index is 0.0386. The van der Waals surface area contributed by atoms with E-state index in [2.05, 4.69) is 10.6 Å². The highest BCUT2D eigenvalue weighted by Crippen LogP contribution is 2.28. The summed E-state index contributed by atoms with van der Waals surface area (Å²) in [5, 5.41) is 9.91. The zero-order valence-corrected chi connectivity index (χ0v) is 15.5. The second kappa shape index (κ2) is 8.52. The Kier molecular flexibility index (Phi) is 6.37. The summed E-state index contributed by atoms with van der Waals surface area (Å²) in [6.45, 7) is 0.0386. The monoisotopic (exact) mass is 393 g/mol. The van der Waals surface area contributed by atoms with Gasteiger partial charge in [-0.1, -0.05) is 12.1 Å². The molecule has 0 aliphatic heterocycles. The minimum atomic E-state index is -3.78. The summed E-state index contributed by atoms with van der Waals surface area (Å²) in [7, 11) is -0.861. The number of primary sulfonamides is 1. The van der Waals surface area contributed by atoms with Crippen molar-refractivity contribution >= 4 is 27.5 Å². The van der Waals surface area contributed by atoms with Crippen LogP contribution in [0, 0.1) is 0 Å². The molecule has 0 atom stereocenters. The standard InChI is InChI=1S/C17H19N3O6S/c1-25-12-5-8-14(15(9-12)26-2)20-17(22)16(21)19-10-11-3-6-13(7-4-11)27(18,23)24/h3-9H,10H2,1-2H3,(H,19,21)(H,20,22)(H2,18,23,24). The molecule has 2 amide bonds. The molecule has 0 aliphatic rings. The van der Waals surface area contributed by atoms with Crippen LogP contribution in [0.4, 0.5) is 5.69 Å². The van der Waals surface area contributed by atoms with E-state index in [1.54, 1.807) is 18.2 Å². The summed E-state index contributed by atoms with van der Waals surface area (Å²) in [5.41, 5.74) is 0.918. The van der Waals surface area contributed by atoms with Crippen LogP contribution in [0.25, 0.3) is 0 Å². The summed E-state index contributed by atoms with van der Waals surface area (Å²) in [4.78, 5) is 24.0. The van der Waals surface area contributed by atoms with E-state index in [-0.39, 0.29) is 11.4 Å². The van der Waals surface area contributed by atoms with E-state index in [0.717, 1.165) is 0 Å². The van der Waals surface area contributed by atoms with E-state index in [0.29, 0.717) is 22.7 Å². The van der Waals surface area contributed by atoms with E-state index < -0.39 is 21.8 Å². The molecule has 27 heavy (non-hydrogen) atoms. The molecule has 0 unspecified atom stereocenters. The number of hydrogen-bond acceptors (Lipinski definition) is 6. The van der Waals surface area contributed by atoms with Crippen molar-refractivity contribution in [2.45, 2.75) is 11.4 Å². The van der Waals surface area contributed by atoms with Gasteiger partial charge in [-0.15, -0.1) is 0 Å². The molecule has 0 spiro atoms. The number of anilines is 1. The van der Waals surface area contributed by atoms with Crippen molar-refractivity contribution in [2.75, 3.05) is 19.5 Å². The Labute approximate surface area is 156 Å². The van der Waals surface area contributed by atoms with Crippen molar-refractivity contribution in [3.8, 4) is 11.5 Å². The molecule has 10 heteroatoms. The van der Waals surface area contributed by atoms with Crippen molar-refractivity contribution in [1.82, 2.24) is 5.32 Å². The molecule has 144 valence electrons. The first-order valence-electron chi connectivity index (χ1n) is 7.67. The molecule has 2 aromatic carbocycles. The number of carbonyl (C=O) groups is 2. The van der Waals surface area contributed by atoms with E-state index in [1.165, 1.54) is 38.5 Å². The van der Waals surface area contributed by atoms with E-state index in [4.69, 9.17) is 14.6 Å². The summed E-state index contributed by atoms with van der Waals surface area (Å²) in [5.74, 6) is -0.852. The highest BCUT2D eigenvalue weighted by Gasteiger charge is 2.16. The largest absolute Gasteiger partial charge is 0.497 e. The fraction of sp³-hybridized carbons (Fsp3) is 0.176. The number of amides is 2. The molecule has 0 saturated heterocycles. The number of methoxy groups -OCH3 is 2. The average Bonchev–Trinajstić information content (AvgIpc) is 2.65. The van der Waals surface area contributed by atoms with Gasteiger partial charge in [0.2, 0.25) is 10.0 Å². The van der Waals surface area contributed by atoms with Gasteiger partial charge in [0.05, 0.1) is 24.8 Å². The van der Waals surface area contributed by atoms with Crippen LogP contribution < -0.4 is 25.2 Å². The van der Waals surface area contributed by atoms with Crippen molar-refractivity contribution in [1.29, 1.82) is 0 Å². The Balaban J connectivity index is 1.97. The van der Waals surface area contributed by atoms with E-state index in [1.807, 2.05) is 0 Å². The Hall–Kier alpha value is -3.11. The van der Waals surface area contributed by atoms with Gasteiger partial charge in [0.1, 0.15) is 11.5 Å². The number of ether oxygens (including phenoxy) is 2. The molecular formula is C17H19N3O6S. The van der Waals surface area contributed by atoms with Crippen LogP contribution in [0.1, 0.15) is 5.56 Å². The van der Waals surface area contributed by atoms with Crippen LogP contribution in [0.3, 0.4) is 0 Å². The average molecular weight is 393 g/mol. The molecule has 0 saturated carbocycles. The lowest BCUT2D eigenvalue weighted by atomic mass is 10.2. The normalized spacial score (nSPS) is 10.8. The number of nitrogens with two attached hydrogens (primary N) is 1. The van der Waals surface area contributed by atoms with Gasteiger partial charge in [-0.2, -0.15) is 0 Å². The van der Waals surface area contributed by atoms with Crippen LogP contribution >= 0.6 is 0 Å². The van der Waals surface area contributed by atoms with Gasteiger partial charge in [0.15, 0.2) is 0 Å². The fourth-order valence-corrected chi connectivity index (χ4v) is 2.66. The quantitative estimate of drug-likeness (QED) is 0.615. The molecule has 4 N–H and O–H groups in total. The highest BCUT2D eigenvalue weighted by molar-refractivity contribution is 7.89. The third kappa shape index (κ3) is 5.43.